The van der Waals surface area contributed by atoms with Crippen LogP contribution in [0.4, 0.5) is 13.2 Å². The molecule has 0 aliphatic heterocycles. The first kappa shape index (κ1) is 20.6. The van der Waals surface area contributed by atoms with Crippen molar-refractivity contribution in [2.24, 2.45) is 10.3 Å². The third-order valence-corrected chi connectivity index (χ3v) is 3.16. The molecule has 0 fully saturated rings. The number of benzene rings is 1. The van der Waals surface area contributed by atoms with Gasteiger partial charge in [0.2, 0.25) is 0 Å². The van der Waals surface area contributed by atoms with Crippen LogP contribution in [0.3, 0.4) is 0 Å². The molecule has 1 aromatic carbocycles. The van der Waals surface area contributed by atoms with Gasteiger partial charge in [0, 0.05) is 29.8 Å². The van der Waals surface area contributed by atoms with E-state index >= 15 is 0 Å². The van der Waals surface area contributed by atoms with Crippen molar-refractivity contribution in [2.45, 2.75) is 13.1 Å². The van der Waals surface area contributed by atoms with Gasteiger partial charge in [0.25, 0.3) is 10.2 Å². The van der Waals surface area contributed by atoms with E-state index in [-0.39, 0.29) is 5.82 Å². The monoisotopic (exact) mass is 399 g/mol. The maximum absolute atomic E-state index is 13.0. The van der Waals surface area contributed by atoms with E-state index in [1.807, 2.05) is 6.92 Å². The SMILES string of the molecule is Cc1cncc(-c2nc(C(F)(F)F)cn2-c2ccccc2)c1.NS(N)(=O)=O. The molecular formula is C16H16F3N5O2S. The van der Waals surface area contributed by atoms with Crippen molar-refractivity contribution in [3.05, 3.63) is 66.2 Å². The summed E-state index contributed by atoms with van der Waals surface area (Å²) in [6.07, 6.45) is -0.335. The number of hydrogen-bond donors (Lipinski definition) is 2. The van der Waals surface area contributed by atoms with Gasteiger partial charge in [-0.25, -0.2) is 15.3 Å². The maximum atomic E-state index is 13.0. The first-order valence-electron chi connectivity index (χ1n) is 7.39. The van der Waals surface area contributed by atoms with Gasteiger partial charge in [0.1, 0.15) is 5.82 Å². The zero-order chi connectivity index (χ0) is 20.2. The zero-order valence-electron chi connectivity index (χ0n) is 14.1. The number of nitrogens with zero attached hydrogens (tertiary/aromatic N) is 3. The molecule has 2 heterocycles. The van der Waals surface area contributed by atoms with Gasteiger partial charge in [-0.15, -0.1) is 0 Å². The first-order valence-corrected chi connectivity index (χ1v) is 9.00. The van der Waals surface area contributed by atoms with Gasteiger partial charge < -0.3 is 0 Å². The van der Waals surface area contributed by atoms with Crippen LogP contribution < -0.4 is 10.3 Å². The van der Waals surface area contributed by atoms with Crippen LogP contribution in [-0.2, 0) is 16.4 Å². The number of aromatic nitrogens is 3. The molecule has 4 N–H and O–H groups in total. The van der Waals surface area contributed by atoms with Gasteiger partial charge in [-0.2, -0.15) is 21.6 Å². The Kier molecular flexibility index (Phi) is 5.98. The Hall–Kier alpha value is -2.76. The molecule has 0 aliphatic carbocycles. The standard InChI is InChI=1S/C16H12F3N3.H4N2O2S/c1-11-7-12(9-20-8-11)15-21-14(16(17,18)19)10-22(15)13-5-3-2-4-6-13;1-5(2,3)4/h2-10H,1H3;(H4,1,2,3,4). The normalized spacial score (nSPS) is 11.6. The summed E-state index contributed by atoms with van der Waals surface area (Å²) in [5.41, 5.74) is 1.09. The first-order chi connectivity index (χ1) is 12.4. The average molecular weight is 399 g/mol. The van der Waals surface area contributed by atoms with Crippen LogP contribution in [0.2, 0.25) is 0 Å². The number of alkyl halides is 3. The van der Waals surface area contributed by atoms with Crippen molar-refractivity contribution in [3.63, 3.8) is 0 Å². The predicted octanol–water partition coefficient (Wildman–Crippen LogP) is 2.41. The minimum absolute atomic E-state index is 0.217. The molecule has 0 unspecified atom stereocenters. The third-order valence-electron chi connectivity index (χ3n) is 3.16. The second-order valence-corrected chi connectivity index (χ2v) is 6.67. The van der Waals surface area contributed by atoms with Crippen LogP contribution in [-0.4, -0.2) is 23.0 Å². The van der Waals surface area contributed by atoms with E-state index in [1.54, 1.807) is 42.6 Å². The third kappa shape index (κ3) is 6.16. The Bertz CT molecular complexity index is 1010. The molecule has 0 atom stereocenters. The fraction of sp³-hybridized carbons (Fsp3) is 0.125. The van der Waals surface area contributed by atoms with E-state index < -0.39 is 22.1 Å². The fourth-order valence-corrected chi connectivity index (χ4v) is 2.18. The van der Waals surface area contributed by atoms with Crippen LogP contribution in [0.15, 0.2) is 55.0 Å². The fourth-order valence-electron chi connectivity index (χ4n) is 2.18. The summed E-state index contributed by atoms with van der Waals surface area (Å²) >= 11 is 0. The number of halogens is 3. The maximum Gasteiger partial charge on any atom is 0.434 e. The number of para-hydroxylation sites is 1. The van der Waals surface area contributed by atoms with Crippen LogP contribution in [0.25, 0.3) is 17.1 Å². The highest BCUT2D eigenvalue weighted by Crippen LogP contribution is 2.32. The highest BCUT2D eigenvalue weighted by Gasteiger charge is 2.35. The number of imidazole rings is 1. The summed E-state index contributed by atoms with van der Waals surface area (Å²) in [5, 5.41) is 8.21. The van der Waals surface area contributed by atoms with Crippen LogP contribution in [0, 0.1) is 6.92 Å². The Morgan fingerprint density at radius 2 is 1.67 bits per heavy atom. The summed E-state index contributed by atoms with van der Waals surface area (Å²) in [5.74, 6) is 0.217. The second kappa shape index (κ2) is 7.86. The van der Waals surface area contributed by atoms with Crippen molar-refractivity contribution in [3.8, 4) is 17.1 Å². The molecule has 7 nitrogen and oxygen atoms in total. The lowest BCUT2D eigenvalue weighted by atomic mass is 10.2. The lowest BCUT2D eigenvalue weighted by molar-refractivity contribution is -0.140. The summed E-state index contributed by atoms with van der Waals surface area (Å²) < 4.78 is 58.8. The van der Waals surface area contributed by atoms with E-state index in [9.17, 15) is 21.6 Å². The molecule has 11 heteroatoms. The molecule has 0 saturated carbocycles. The van der Waals surface area contributed by atoms with E-state index in [0.29, 0.717) is 11.3 Å². The summed E-state index contributed by atoms with van der Waals surface area (Å²) in [7, 11) is -3.67. The molecule has 3 aromatic rings. The zero-order valence-corrected chi connectivity index (χ0v) is 14.9. The summed E-state index contributed by atoms with van der Waals surface area (Å²) in [6.45, 7) is 1.83. The van der Waals surface area contributed by atoms with E-state index in [2.05, 4.69) is 20.2 Å². The Balaban J connectivity index is 0.000000465. The van der Waals surface area contributed by atoms with Gasteiger partial charge >= 0.3 is 6.18 Å². The van der Waals surface area contributed by atoms with Crippen molar-refractivity contribution in [2.75, 3.05) is 0 Å². The highest BCUT2D eigenvalue weighted by molar-refractivity contribution is 7.86. The molecule has 0 saturated heterocycles. The Labute approximate surface area is 153 Å². The predicted molar refractivity (Wildman–Crippen MR) is 93.8 cm³/mol. The van der Waals surface area contributed by atoms with E-state index in [1.165, 1.54) is 10.8 Å². The number of nitrogens with two attached hydrogens (primary N) is 2. The Morgan fingerprint density at radius 1 is 1.07 bits per heavy atom. The van der Waals surface area contributed by atoms with Crippen molar-refractivity contribution >= 4 is 10.2 Å². The minimum Gasteiger partial charge on any atom is -0.299 e. The topological polar surface area (TPSA) is 117 Å². The molecule has 3 rings (SSSR count). The molecular weight excluding hydrogens is 383 g/mol. The van der Waals surface area contributed by atoms with Crippen LogP contribution >= 0.6 is 0 Å². The van der Waals surface area contributed by atoms with Gasteiger partial charge in [-0.1, -0.05) is 18.2 Å². The second-order valence-electron chi connectivity index (χ2n) is 5.49. The highest BCUT2D eigenvalue weighted by atomic mass is 32.2. The molecule has 0 radical (unpaired) electrons. The summed E-state index contributed by atoms with van der Waals surface area (Å²) in [4.78, 5) is 7.80. The van der Waals surface area contributed by atoms with E-state index in [4.69, 9.17) is 0 Å². The minimum atomic E-state index is -4.49. The lowest BCUT2D eigenvalue weighted by Crippen LogP contribution is -2.21. The Morgan fingerprint density at radius 3 is 2.19 bits per heavy atom. The van der Waals surface area contributed by atoms with Gasteiger partial charge in [-0.05, 0) is 30.7 Å². The average Bonchev–Trinajstić information content (AvgIpc) is 3.00. The van der Waals surface area contributed by atoms with Crippen molar-refractivity contribution in [1.29, 1.82) is 0 Å². The quantitative estimate of drug-likeness (QED) is 0.688. The molecule has 0 aliphatic rings. The molecule has 0 amide bonds. The molecule has 0 bridgehead atoms. The summed E-state index contributed by atoms with van der Waals surface area (Å²) in [6, 6.07) is 10.6. The molecule has 2 aromatic heterocycles. The van der Waals surface area contributed by atoms with Crippen molar-refractivity contribution < 1.29 is 21.6 Å². The number of rotatable bonds is 2. The number of hydrogen-bond acceptors (Lipinski definition) is 4. The van der Waals surface area contributed by atoms with Crippen molar-refractivity contribution in [1.82, 2.24) is 14.5 Å². The van der Waals surface area contributed by atoms with Gasteiger partial charge in [-0.3, -0.25) is 9.55 Å². The smallest absolute Gasteiger partial charge is 0.299 e. The lowest BCUT2D eigenvalue weighted by Gasteiger charge is -2.07. The molecule has 0 spiro atoms. The largest absolute Gasteiger partial charge is 0.434 e. The van der Waals surface area contributed by atoms with Crippen LogP contribution in [0.5, 0.6) is 0 Å². The number of aryl methyl sites for hydroxylation is 1. The van der Waals surface area contributed by atoms with E-state index in [0.717, 1.165) is 11.8 Å². The van der Waals surface area contributed by atoms with Gasteiger partial charge in [0.05, 0.1) is 0 Å². The molecule has 27 heavy (non-hydrogen) atoms. The van der Waals surface area contributed by atoms with Crippen LogP contribution in [0.1, 0.15) is 11.3 Å². The number of pyridine rings is 1. The van der Waals surface area contributed by atoms with Gasteiger partial charge in [0.15, 0.2) is 5.69 Å². The molecule has 144 valence electrons.